The van der Waals surface area contributed by atoms with Crippen molar-refractivity contribution >= 4 is 27.5 Å². The van der Waals surface area contributed by atoms with Crippen LogP contribution in [-0.2, 0) is 26.4 Å². The lowest BCUT2D eigenvalue weighted by Gasteiger charge is -2.35. The molecule has 0 radical (unpaired) electrons. The van der Waals surface area contributed by atoms with E-state index in [0.29, 0.717) is 52.8 Å². The maximum Gasteiger partial charge on any atom is 0.333 e. The van der Waals surface area contributed by atoms with Crippen molar-refractivity contribution in [3.05, 3.63) is 68.6 Å². The molecule has 1 amide bonds. The van der Waals surface area contributed by atoms with Gasteiger partial charge in [0.15, 0.2) is 0 Å². The molecule has 2 aliphatic rings. The van der Waals surface area contributed by atoms with E-state index in [2.05, 4.69) is 10.2 Å². The van der Waals surface area contributed by atoms with Gasteiger partial charge in [-0.3, -0.25) is 14.2 Å². The van der Waals surface area contributed by atoms with E-state index in [-0.39, 0.29) is 18.6 Å². The third kappa shape index (κ3) is 5.84. The first-order valence-corrected chi connectivity index (χ1v) is 16.4. The molecule has 1 aromatic carbocycles. The third-order valence-electron chi connectivity index (χ3n) is 8.87. The molecule has 0 saturated carbocycles. The number of carbonyl (C=O) groups excluding carboxylic acids is 1. The minimum Gasteiger partial charge on any atom is -0.496 e. The molecule has 0 spiro atoms. The number of fused-ring (bicyclic) bond motifs is 1. The first-order chi connectivity index (χ1) is 21.7. The van der Waals surface area contributed by atoms with Gasteiger partial charge in [-0.15, -0.1) is 4.80 Å². The first-order valence-electron chi connectivity index (χ1n) is 15.5. The Labute approximate surface area is 265 Å². The molecule has 12 nitrogen and oxygen atoms in total. The second kappa shape index (κ2) is 12.9. The molecule has 0 N–H and O–H groups in total. The summed E-state index contributed by atoms with van der Waals surface area (Å²) in [7, 11) is 1.61. The van der Waals surface area contributed by atoms with Crippen LogP contribution in [0.3, 0.4) is 0 Å². The number of amides is 1. The van der Waals surface area contributed by atoms with Gasteiger partial charge in [-0.1, -0.05) is 29.5 Å². The summed E-state index contributed by atoms with van der Waals surface area (Å²) in [6, 6.07) is 7.60. The lowest BCUT2D eigenvalue weighted by molar-refractivity contribution is -0.140. The van der Waals surface area contributed by atoms with Crippen molar-refractivity contribution in [2.45, 2.75) is 77.2 Å². The number of hydrogen-bond acceptors (Lipinski definition) is 9. The van der Waals surface area contributed by atoms with Gasteiger partial charge in [-0.05, 0) is 58.9 Å². The van der Waals surface area contributed by atoms with Crippen LogP contribution in [0.1, 0.15) is 63.2 Å². The summed E-state index contributed by atoms with van der Waals surface area (Å²) in [6.07, 6.45) is 6.74. The van der Waals surface area contributed by atoms with E-state index in [4.69, 9.17) is 14.2 Å². The molecule has 3 aromatic heterocycles. The van der Waals surface area contributed by atoms with E-state index in [0.717, 1.165) is 42.2 Å². The molecule has 13 heteroatoms. The SMILES string of the molecule is COc1ccccc1[C@H](Cn1c(=O)n(C(C)(C)C(=O)N2CCCCC2)c(=O)c2c(C)c(-n3nccn3)sc21)OC1CCOCC1. The topological polar surface area (TPSA) is 123 Å². The molecular weight excluding hydrogens is 596 g/mol. The van der Waals surface area contributed by atoms with Crippen molar-refractivity contribution in [1.82, 2.24) is 29.0 Å². The number of rotatable bonds is 9. The van der Waals surface area contributed by atoms with E-state index in [1.807, 2.05) is 31.2 Å². The number of nitrogens with zero attached hydrogens (tertiary/aromatic N) is 6. The van der Waals surface area contributed by atoms with E-state index in [1.165, 1.54) is 16.1 Å². The molecule has 0 aliphatic carbocycles. The highest BCUT2D eigenvalue weighted by atomic mass is 32.1. The van der Waals surface area contributed by atoms with Crippen molar-refractivity contribution in [1.29, 1.82) is 0 Å². The maximum atomic E-state index is 14.7. The smallest absolute Gasteiger partial charge is 0.333 e. The molecule has 2 aliphatic heterocycles. The summed E-state index contributed by atoms with van der Waals surface area (Å²) in [5.41, 5.74) is -1.08. The standard InChI is InChI=1S/C32H40N6O6S/c1-21-26-27(39)37(32(2,3)30(40)35-16-8-5-9-17-35)31(41)36(29(26)45-28(21)38-33-14-15-34-38)20-25(44-22-12-18-43-19-13-22)23-10-6-7-11-24(23)42-4/h6-7,10-11,14-15,22,25H,5,8-9,12-13,16-20H2,1-4H3/t25-/m0/s1. The fraction of sp³-hybridized carbons (Fsp3) is 0.531. The van der Waals surface area contributed by atoms with Gasteiger partial charge in [0.05, 0.1) is 37.5 Å². The van der Waals surface area contributed by atoms with Gasteiger partial charge in [0.2, 0.25) is 5.91 Å². The fourth-order valence-electron chi connectivity index (χ4n) is 6.44. The predicted molar refractivity (Wildman–Crippen MR) is 170 cm³/mol. The number of aromatic nitrogens is 5. The molecule has 4 aromatic rings. The van der Waals surface area contributed by atoms with Crippen LogP contribution in [0.25, 0.3) is 15.2 Å². The van der Waals surface area contributed by atoms with Crippen LogP contribution in [0.4, 0.5) is 0 Å². The predicted octanol–water partition coefficient (Wildman–Crippen LogP) is 3.81. The zero-order chi connectivity index (χ0) is 31.7. The normalized spacial score (nSPS) is 17.1. The van der Waals surface area contributed by atoms with Gasteiger partial charge in [-0.25, -0.2) is 9.36 Å². The molecule has 2 fully saturated rings. The zero-order valence-electron chi connectivity index (χ0n) is 26.2. The largest absolute Gasteiger partial charge is 0.496 e. The van der Waals surface area contributed by atoms with Gasteiger partial charge in [-0.2, -0.15) is 10.2 Å². The van der Waals surface area contributed by atoms with E-state index >= 15 is 0 Å². The summed E-state index contributed by atoms with van der Waals surface area (Å²) < 4.78 is 20.7. The number of benzene rings is 1. The maximum absolute atomic E-state index is 14.7. The van der Waals surface area contributed by atoms with Crippen LogP contribution in [-0.4, -0.2) is 74.5 Å². The van der Waals surface area contributed by atoms with Crippen molar-refractivity contribution in [3.63, 3.8) is 0 Å². The summed E-state index contributed by atoms with van der Waals surface area (Å²) in [6.45, 7) is 7.64. The van der Waals surface area contributed by atoms with Crippen molar-refractivity contribution < 1.29 is 19.0 Å². The monoisotopic (exact) mass is 636 g/mol. The Kier molecular flexibility index (Phi) is 8.94. The van der Waals surface area contributed by atoms with Crippen LogP contribution in [0.15, 0.2) is 46.2 Å². The Morgan fingerprint density at radius 1 is 1.09 bits per heavy atom. The average molecular weight is 637 g/mol. The number of likely N-dealkylation sites (tertiary alicyclic amines) is 1. The lowest BCUT2D eigenvalue weighted by atomic mass is 10.00. The highest BCUT2D eigenvalue weighted by molar-refractivity contribution is 7.21. The molecule has 0 bridgehead atoms. The number of carbonyl (C=O) groups is 1. The molecule has 1 atom stereocenters. The average Bonchev–Trinajstić information content (AvgIpc) is 3.71. The van der Waals surface area contributed by atoms with Crippen molar-refractivity contribution in [3.8, 4) is 10.8 Å². The second-order valence-corrected chi connectivity index (χ2v) is 13.1. The van der Waals surface area contributed by atoms with Crippen LogP contribution >= 0.6 is 11.3 Å². The molecule has 240 valence electrons. The van der Waals surface area contributed by atoms with Gasteiger partial charge in [0, 0.05) is 37.4 Å². The third-order valence-corrected chi connectivity index (χ3v) is 10.2. The molecule has 45 heavy (non-hydrogen) atoms. The highest BCUT2D eigenvalue weighted by Gasteiger charge is 2.39. The first kappa shape index (κ1) is 31.2. The number of para-hydroxylation sites is 1. The van der Waals surface area contributed by atoms with Crippen molar-refractivity contribution in [2.75, 3.05) is 33.4 Å². The molecule has 2 saturated heterocycles. The van der Waals surface area contributed by atoms with E-state index in [1.54, 1.807) is 42.8 Å². The van der Waals surface area contributed by atoms with Crippen LogP contribution in [0.5, 0.6) is 5.75 Å². The van der Waals surface area contributed by atoms with Crippen molar-refractivity contribution in [2.24, 2.45) is 0 Å². The van der Waals surface area contributed by atoms with Gasteiger partial charge in [0.1, 0.15) is 27.2 Å². The summed E-state index contributed by atoms with van der Waals surface area (Å²) in [4.78, 5) is 46.7. The Hall–Kier alpha value is -3.81. The molecular formula is C32H40N6O6S. The number of aryl methyl sites for hydroxylation is 1. The minimum absolute atomic E-state index is 0.0863. The number of hydrogen-bond donors (Lipinski definition) is 0. The quantitative estimate of drug-likeness (QED) is 0.272. The summed E-state index contributed by atoms with van der Waals surface area (Å²) >= 11 is 1.27. The Balaban J connectivity index is 1.55. The number of methoxy groups -OCH3 is 1. The number of ether oxygens (including phenoxy) is 3. The van der Waals surface area contributed by atoms with Crippen LogP contribution in [0, 0.1) is 6.92 Å². The Morgan fingerprint density at radius 3 is 2.47 bits per heavy atom. The number of thiophene rings is 1. The fourth-order valence-corrected chi connectivity index (χ4v) is 7.66. The van der Waals surface area contributed by atoms with Gasteiger partial charge < -0.3 is 19.1 Å². The Bertz CT molecular complexity index is 1780. The second-order valence-electron chi connectivity index (χ2n) is 12.2. The molecule has 6 rings (SSSR count). The summed E-state index contributed by atoms with van der Waals surface area (Å²) in [5, 5.41) is 9.58. The van der Waals surface area contributed by atoms with Crippen LogP contribution < -0.4 is 16.0 Å². The highest BCUT2D eigenvalue weighted by Crippen LogP contribution is 2.35. The zero-order valence-corrected chi connectivity index (χ0v) is 27.0. The Morgan fingerprint density at radius 2 is 1.78 bits per heavy atom. The molecule has 0 unspecified atom stereocenters. The van der Waals surface area contributed by atoms with Gasteiger partial charge >= 0.3 is 5.69 Å². The van der Waals surface area contributed by atoms with E-state index in [9.17, 15) is 14.4 Å². The summed E-state index contributed by atoms with van der Waals surface area (Å²) in [5.74, 6) is 0.394. The number of piperidine rings is 1. The minimum atomic E-state index is -1.43. The van der Waals surface area contributed by atoms with Gasteiger partial charge in [0.25, 0.3) is 5.56 Å². The molecule has 5 heterocycles. The van der Waals surface area contributed by atoms with E-state index < -0.39 is 22.9 Å². The van der Waals surface area contributed by atoms with Crippen LogP contribution in [0.2, 0.25) is 0 Å². The lowest BCUT2D eigenvalue weighted by Crippen LogP contribution is -2.57.